The number of halogens is 6. The summed E-state index contributed by atoms with van der Waals surface area (Å²) < 4.78 is 102. The van der Waals surface area contributed by atoms with Gasteiger partial charge in [0.2, 0.25) is 15.7 Å². The molecule has 1 aromatic rings. The zero-order chi connectivity index (χ0) is 17.3. The van der Waals surface area contributed by atoms with Crippen LogP contribution in [0.15, 0.2) is 17.0 Å². The van der Waals surface area contributed by atoms with Crippen LogP contribution in [-0.2, 0) is 15.7 Å². The molecule has 124 valence electrons. The molecule has 0 spiro atoms. The Morgan fingerprint density at radius 1 is 1.18 bits per heavy atom. The SMILES string of the molecule is Cc1c(F)ccc2c1S(=O)(=O)N(C)C2(O)C(F)(F)C(F)(F)F. The van der Waals surface area contributed by atoms with E-state index in [9.17, 15) is 39.9 Å². The summed E-state index contributed by atoms with van der Waals surface area (Å²) in [4.78, 5) is -1.10. The molecule has 0 aromatic heterocycles. The lowest BCUT2D eigenvalue weighted by Crippen LogP contribution is -2.61. The smallest absolute Gasteiger partial charge is 0.365 e. The molecule has 1 unspecified atom stereocenters. The first kappa shape index (κ1) is 17.0. The largest absolute Gasteiger partial charge is 0.458 e. The highest BCUT2D eigenvalue weighted by atomic mass is 32.2. The van der Waals surface area contributed by atoms with Crippen LogP contribution in [0.1, 0.15) is 11.1 Å². The first-order chi connectivity index (χ1) is 9.70. The van der Waals surface area contributed by atoms with E-state index in [2.05, 4.69) is 0 Å². The van der Waals surface area contributed by atoms with Crippen molar-refractivity contribution in [2.24, 2.45) is 0 Å². The molecule has 0 amide bonds. The Hall–Kier alpha value is -1.33. The Kier molecular flexibility index (Phi) is 3.37. The molecule has 11 heteroatoms. The molecule has 0 saturated carbocycles. The Morgan fingerprint density at radius 2 is 1.68 bits per heavy atom. The lowest BCUT2D eigenvalue weighted by atomic mass is 9.94. The second-order valence-corrected chi connectivity index (χ2v) is 6.67. The minimum atomic E-state index is -6.23. The van der Waals surface area contributed by atoms with Gasteiger partial charge in [-0.2, -0.15) is 26.3 Å². The molecule has 1 aliphatic heterocycles. The zero-order valence-corrected chi connectivity index (χ0v) is 11.9. The van der Waals surface area contributed by atoms with Gasteiger partial charge in [0.25, 0.3) is 0 Å². The minimum Gasteiger partial charge on any atom is -0.365 e. The topological polar surface area (TPSA) is 57.6 Å². The number of aliphatic hydroxyl groups is 1. The minimum absolute atomic E-state index is 0.367. The second-order valence-electron chi connectivity index (χ2n) is 4.77. The highest BCUT2D eigenvalue weighted by Gasteiger charge is 2.76. The number of nitrogens with zero attached hydrogens (tertiary/aromatic N) is 1. The van der Waals surface area contributed by atoms with Gasteiger partial charge >= 0.3 is 12.1 Å². The van der Waals surface area contributed by atoms with E-state index in [4.69, 9.17) is 0 Å². The quantitative estimate of drug-likeness (QED) is 0.790. The summed E-state index contributed by atoms with van der Waals surface area (Å²) in [5.74, 6) is -6.92. The predicted molar refractivity (Wildman–Crippen MR) is 61.0 cm³/mol. The average Bonchev–Trinajstić information content (AvgIpc) is 2.52. The highest BCUT2D eigenvalue weighted by molar-refractivity contribution is 7.89. The van der Waals surface area contributed by atoms with E-state index in [1.165, 1.54) is 0 Å². The molecule has 0 bridgehead atoms. The first-order valence-electron chi connectivity index (χ1n) is 5.66. The predicted octanol–water partition coefficient (Wildman–Crippen LogP) is 2.11. The van der Waals surface area contributed by atoms with Crippen molar-refractivity contribution < 1.29 is 39.9 Å². The van der Waals surface area contributed by atoms with Gasteiger partial charge < -0.3 is 5.11 Å². The zero-order valence-electron chi connectivity index (χ0n) is 11.0. The Labute approximate surface area is 121 Å². The molecule has 22 heavy (non-hydrogen) atoms. The Bertz CT molecular complexity index is 745. The maximum absolute atomic E-state index is 13.7. The van der Waals surface area contributed by atoms with Crippen LogP contribution in [0.2, 0.25) is 0 Å². The molecule has 1 heterocycles. The molecule has 1 N–H and O–H groups in total. The van der Waals surface area contributed by atoms with Crippen LogP contribution >= 0.6 is 0 Å². The van der Waals surface area contributed by atoms with Gasteiger partial charge in [0.15, 0.2) is 0 Å². The molecule has 0 radical (unpaired) electrons. The van der Waals surface area contributed by atoms with Crippen molar-refractivity contribution >= 4 is 10.0 Å². The molecular formula is C11H9F6NO3S. The van der Waals surface area contributed by atoms with Crippen molar-refractivity contribution in [3.8, 4) is 0 Å². The number of fused-ring (bicyclic) bond motifs is 1. The summed E-state index contributed by atoms with van der Waals surface area (Å²) in [7, 11) is -4.56. The van der Waals surface area contributed by atoms with Crippen LogP contribution in [0, 0.1) is 12.7 Å². The summed E-state index contributed by atoms with van der Waals surface area (Å²) in [6.45, 7) is 0.900. The van der Waals surface area contributed by atoms with Crippen LogP contribution in [-0.4, -0.2) is 37.0 Å². The van der Waals surface area contributed by atoms with Crippen LogP contribution in [0.3, 0.4) is 0 Å². The number of benzene rings is 1. The van der Waals surface area contributed by atoms with Crippen LogP contribution in [0.5, 0.6) is 0 Å². The molecule has 1 aromatic carbocycles. The van der Waals surface area contributed by atoms with Gasteiger partial charge in [-0.3, -0.25) is 0 Å². The molecule has 1 aliphatic rings. The lowest BCUT2D eigenvalue weighted by Gasteiger charge is -2.37. The summed E-state index contributed by atoms with van der Waals surface area (Å²) in [5.41, 5.74) is -6.08. The second kappa shape index (κ2) is 4.36. The summed E-state index contributed by atoms with van der Waals surface area (Å²) in [6, 6.07) is 0.915. The normalized spacial score (nSPS) is 25.3. The Balaban J connectivity index is 2.92. The molecule has 0 aliphatic carbocycles. The number of hydrogen-bond acceptors (Lipinski definition) is 3. The van der Waals surface area contributed by atoms with E-state index in [1.807, 2.05) is 0 Å². The van der Waals surface area contributed by atoms with Crippen LogP contribution in [0.4, 0.5) is 26.3 Å². The van der Waals surface area contributed by atoms with Crippen molar-refractivity contribution in [2.75, 3.05) is 7.05 Å². The number of hydrogen-bond donors (Lipinski definition) is 1. The molecule has 2 rings (SSSR count). The van der Waals surface area contributed by atoms with Crippen LogP contribution < -0.4 is 0 Å². The van der Waals surface area contributed by atoms with E-state index in [1.54, 1.807) is 0 Å². The standard InChI is InChI=1S/C11H9F6NO3S/c1-5-7(12)4-3-6-8(5)22(20,21)18(2)9(6,19)10(13,14)11(15,16)17/h3-4,19H,1-2H3. The summed E-state index contributed by atoms with van der Waals surface area (Å²) >= 11 is 0. The maximum Gasteiger partial charge on any atom is 0.458 e. The van der Waals surface area contributed by atoms with Gasteiger partial charge in [-0.1, -0.05) is 6.07 Å². The van der Waals surface area contributed by atoms with E-state index in [0.717, 1.165) is 6.92 Å². The summed E-state index contributed by atoms with van der Waals surface area (Å²) in [6.07, 6.45) is -6.23. The van der Waals surface area contributed by atoms with Gasteiger partial charge in [0.05, 0.1) is 4.90 Å². The molecule has 0 fully saturated rings. The fourth-order valence-corrected chi connectivity index (χ4v) is 4.13. The maximum atomic E-state index is 13.7. The van der Waals surface area contributed by atoms with Gasteiger partial charge in [0.1, 0.15) is 5.82 Å². The van der Waals surface area contributed by atoms with E-state index < -0.39 is 54.0 Å². The van der Waals surface area contributed by atoms with Crippen molar-refractivity contribution in [3.63, 3.8) is 0 Å². The van der Waals surface area contributed by atoms with E-state index in [0.29, 0.717) is 19.2 Å². The van der Waals surface area contributed by atoms with Crippen LogP contribution in [0.25, 0.3) is 0 Å². The number of sulfonamides is 1. The first-order valence-corrected chi connectivity index (χ1v) is 7.10. The van der Waals surface area contributed by atoms with Gasteiger partial charge in [-0.05, 0) is 13.0 Å². The summed E-state index contributed by atoms with van der Waals surface area (Å²) in [5, 5.41) is 9.98. The van der Waals surface area contributed by atoms with Crippen molar-refractivity contribution in [2.45, 2.75) is 29.6 Å². The lowest BCUT2D eigenvalue weighted by molar-refractivity contribution is -0.365. The van der Waals surface area contributed by atoms with Crippen molar-refractivity contribution in [3.05, 3.63) is 29.1 Å². The fraction of sp³-hybridized carbons (Fsp3) is 0.455. The van der Waals surface area contributed by atoms with E-state index >= 15 is 0 Å². The third-order valence-electron chi connectivity index (χ3n) is 3.58. The van der Waals surface area contributed by atoms with Crippen molar-refractivity contribution in [1.82, 2.24) is 4.31 Å². The molecular weight excluding hydrogens is 340 g/mol. The third-order valence-corrected chi connectivity index (χ3v) is 5.61. The van der Waals surface area contributed by atoms with Crippen molar-refractivity contribution in [1.29, 1.82) is 0 Å². The Morgan fingerprint density at radius 3 is 2.14 bits per heavy atom. The molecule has 1 atom stereocenters. The fourth-order valence-electron chi connectivity index (χ4n) is 2.32. The van der Waals surface area contributed by atoms with E-state index in [-0.39, 0.29) is 0 Å². The number of rotatable bonds is 1. The van der Waals surface area contributed by atoms with Gasteiger partial charge in [0, 0.05) is 18.2 Å². The number of alkyl halides is 5. The molecule has 4 nitrogen and oxygen atoms in total. The third kappa shape index (κ3) is 1.75. The average molecular weight is 349 g/mol. The monoisotopic (exact) mass is 349 g/mol. The molecule has 0 saturated heterocycles. The van der Waals surface area contributed by atoms with Gasteiger partial charge in [-0.15, -0.1) is 0 Å². The highest BCUT2D eigenvalue weighted by Crippen LogP contribution is 2.56. The van der Waals surface area contributed by atoms with Gasteiger partial charge in [-0.25, -0.2) is 12.8 Å².